The van der Waals surface area contributed by atoms with Crippen LogP contribution in [0.3, 0.4) is 0 Å². The van der Waals surface area contributed by atoms with Gasteiger partial charge >= 0.3 is 5.97 Å². The molecule has 3 nitrogen and oxygen atoms in total. The number of carbonyl (C=O) groups is 2. The molecule has 0 amide bonds. The maximum absolute atomic E-state index is 11.9. The zero-order valence-electron chi connectivity index (χ0n) is 15.3. The predicted molar refractivity (Wildman–Crippen MR) is 94.7 cm³/mol. The number of esters is 1. The first-order chi connectivity index (χ1) is 11.9. The highest BCUT2D eigenvalue weighted by Crippen LogP contribution is 2.68. The van der Waals surface area contributed by atoms with E-state index in [1.807, 2.05) is 6.08 Å². The Labute approximate surface area is 149 Å². The Hall–Kier alpha value is -1.38. The fraction of sp³-hybridized carbons (Fsp3) is 0.727. The van der Waals surface area contributed by atoms with Crippen molar-refractivity contribution in [2.24, 2.45) is 28.6 Å². The molecule has 0 unspecified atom stereocenters. The maximum Gasteiger partial charge on any atom is 0.306 e. The minimum atomic E-state index is -0.201. The standard InChI is InChI=1S/C22H28O3/c1-20-9-5-15(23)13-14(20)3-4-16-17(20)6-10-21(2)18(16)7-11-22(21)12-8-19(24)25-22/h3-4,13,16-18H,5-12H2,1-2H3/t16-,17-,18-,20+,21+,22-/m1/s1. The van der Waals surface area contributed by atoms with Crippen molar-refractivity contribution in [3.05, 3.63) is 23.8 Å². The van der Waals surface area contributed by atoms with Crippen LogP contribution in [0.2, 0.25) is 0 Å². The molecule has 4 aliphatic carbocycles. The minimum Gasteiger partial charge on any atom is -0.458 e. The van der Waals surface area contributed by atoms with E-state index in [2.05, 4.69) is 26.0 Å². The lowest BCUT2D eigenvalue weighted by atomic mass is 9.48. The molecule has 5 aliphatic rings. The molecule has 6 atom stereocenters. The number of allylic oxidation sites excluding steroid dienone is 4. The second kappa shape index (κ2) is 4.86. The normalized spacial score (nSPS) is 51.0. The summed E-state index contributed by atoms with van der Waals surface area (Å²) in [5, 5.41) is 0. The summed E-state index contributed by atoms with van der Waals surface area (Å²) in [5.41, 5.74) is 1.32. The molecule has 0 aromatic rings. The molecule has 25 heavy (non-hydrogen) atoms. The van der Waals surface area contributed by atoms with Crippen LogP contribution in [0.1, 0.15) is 65.2 Å². The van der Waals surface area contributed by atoms with Gasteiger partial charge < -0.3 is 4.74 Å². The van der Waals surface area contributed by atoms with Crippen LogP contribution in [0.4, 0.5) is 0 Å². The van der Waals surface area contributed by atoms with Gasteiger partial charge in [0.05, 0.1) is 0 Å². The average Bonchev–Trinajstić information content (AvgIpc) is 3.10. The molecule has 1 spiro atoms. The highest BCUT2D eigenvalue weighted by molar-refractivity contribution is 5.92. The zero-order chi connectivity index (χ0) is 17.4. The molecule has 3 fully saturated rings. The van der Waals surface area contributed by atoms with Gasteiger partial charge in [0.2, 0.25) is 0 Å². The largest absolute Gasteiger partial charge is 0.458 e. The van der Waals surface area contributed by atoms with Crippen molar-refractivity contribution in [2.45, 2.75) is 70.8 Å². The Balaban J connectivity index is 1.53. The Bertz CT molecular complexity index is 719. The summed E-state index contributed by atoms with van der Waals surface area (Å²) in [7, 11) is 0. The summed E-state index contributed by atoms with van der Waals surface area (Å²) in [6.07, 6.45) is 14.3. The van der Waals surface area contributed by atoms with Crippen LogP contribution in [0.15, 0.2) is 23.8 Å². The summed E-state index contributed by atoms with van der Waals surface area (Å²) < 4.78 is 5.99. The van der Waals surface area contributed by atoms with Gasteiger partial charge in [-0.25, -0.2) is 0 Å². The molecule has 5 rings (SSSR count). The van der Waals surface area contributed by atoms with E-state index in [-0.39, 0.29) is 28.2 Å². The first-order valence-electron chi connectivity index (χ1n) is 10.0. The summed E-state index contributed by atoms with van der Waals surface area (Å²) in [6, 6.07) is 0. The van der Waals surface area contributed by atoms with Crippen LogP contribution in [-0.2, 0) is 14.3 Å². The first-order valence-corrected chi connectivity index (χ1v) is 10.0. The van der Waals surface area contributed by atoms with Crippen molar-refractivity contribution >= 4 is 11.8 Å². The van der Waals surface area contributed by atoms with Gasteiger partial charge in [-0.05, 0) is 73.3 Å². The van der Waals surface area contributed by atoms with E-state index in [1.165, 1.54) is 18.4 Å². The van der Waals surface area contributed by atoms with Crippen LogP contribution < -0.4 is 0 Å². The molecule has 0 bridgehead atoms. The number of rotatable bonds is 0. The molecule has 1 heterocycles. The van der Waals surface area contributed by atoms with Gasteiger partial charge in [-0.2, -0.15) is 0 Å². The van der Waals surface area contributed by atoms with Crippen LogP contribution in [0.25, 0.3) is 0 Å². The van der Waals surface area contributed by atoms with Crippen molar-refractivity contribution in [1.29, 1.82) is 0 Å². The third-order valence-corrected chi connectivity index (χ3v) is 8.85. The van der Waals surface area contributed by atoms with E-state index in [1.54, 1.807) is 0 Å². The fourth-order valence-electron chi connectivity index (χ4n) is 7.29. The molecule has 0 N–H and O–H groups in total. The second-order valence-electron chi connectivity index (χ2n) is 9.60. The third-order valence-electron chi connectivity index (χ3n) is 8.85. The summed E-state index contributed by atoms with van der Waals surface area (Å²) in [6.45, 7) is 4.78. The van der Waals surface area contributed by atoms with Crippen molar-refractivity contribution in [3.8, 4) is 0 Å². The van der Waals surface area contributed by atoms with E-state index < -0.39 is 0 Å². The van der Waals surface area contributed by atoms with Crippen molar-refractivity contribution in [2.75, 3.05) is 0 Å². The monoisotopic (exact) mass is 340 g/mol. The van der Waals surface area contributed by atoms with Gasteiger partial charge in [0.1, 0.15) is 5.60 Å². The van der Waals surface area contributed by atoms with Gasteiger partial charge in [0.25, 0.3) is 0 Å². The second-order valence-corrected chi connectivity index (χ2v) is 9.60. The molecule has 134 valence electrons. The van der Waals surface area contributed by atoms with Crippen molar-refractivity contribution < 1.29 is 14.3 Å². The number of ether oxygens (including phenoxy) is 1. The molecule has 0 aromatic carbocycles. The lowest BCUT2D eigenvalue weighted by Crippen LogP contribution is -2.53. The number of ketones is 1. The molecule has 0 aromatic heterocycles. The number of hydrogen-bond donors (Lipinski definition) is 0. The average molecular weight is 340 g/mol. The van der Waals surface area contributed by atoms with E-state index in [9.17, 15) is 9.59 Å². The van der Waals surface area contributed by atoms with Gasteiger partial charge in [0.15, 0.2) is 5.78 Å². The molecular formula is C22H28O3. The summed E-state index contributed by atoms with van der Waals surface area (Å²) in [4.78, 5) is 23.8. The Morgan fingerprint density at radius 3 is 2.56 bits per heavy atom. The Morgan fingerprint density at radius 2 is 1.80 bits per heavy atom. The zero-order valence-corrected chi connectivity index (χ0v) is 15.3. The number of hydrogen-bond acceptors (Lipinski definition) is 3. The lowest BCUT2D eigenvalue weighted by molar-refractivity contribution is -0.165. The van der Waals surface area contributed by atoms with Crippen LogP contribution in [-0.4, -0.2) is 17.4 Å². The van der Waals surface area contributed by atoms with Crippen LogP contribution in [0, 0.1) is 28.6 Å². The quantitative estimate of drug-likeness (QED) is 0.615. The highest BCUT2D eigenvalue weighted by Gasteiger charge is 2.66. The van der Waals surface area contributed by atoms with E-state index in [0.29, 0.717) is 30.6 Å². The van der Waals surface area contributed by atoms with Crippen molar-refractivity contribution in [1.82, 2.24) is 0 Å². The molecule has 3 heteroatoms. The number of fused-ring (bicyclic) bond motifs is 6. The van der Waals surface area contributed by atoms with Gasteiger partial charge in [-0.15, -0.1) is 0 Å². The first kappa shape index (κ1) is 15.8. The van der Waals surface area contributed by atoms with Gasteiger partial charge in [-0.3, -0.25) is 9.59 Å². The molecule has 1 aliphatic heterocycles. The Morgan fingerprint density at radius 1 is 1.00 bits per heavy atom. The maximum atomic E-state index is 11.9. The predicted octanol–water partition coefficient (Wildman–Crippen LogP) is 4.37. The van der Waals surface area contributed by atoms with Gasteiger partial charge in [0, 0.05) is 18.3 Å². The lowest BCUT2D eigenvalue weighted by Gasteiger charge is -2.57. The molecule has 1 saturated heterocycles. The van der Waals surface area contributed by atoms with Crippen LogP contribution in [0.5, 0.6) is 0 Å². The van der Waals surface area contributed by atoms with Crippen LogP contribution >= 0.6 is 0 Å². The summed E-state index contributed by atoms with van der Waals surface area (Å²) >= 11 is 0. The van der Waals surface area contributed by atoms with E-state index in [4.69, 9.17) is 4.74 Å². The number of carbonyl (C=O) groups excluding carboxylic acids is 2. The molecule has 2 saturated carbocycles. The fourth-order valence-corrected chi connectivity index (χ4v) is 7.29. The van der Waals surface area contributed by atoms with E-state index >= 15 is 0 Å². The smallest absolute Gasteiger partial charge is 0.306 e. The topological polar surface area (TPSA) is 43.4 Å². The summed E-state index contributed by atoms with van der Waals surface area (Å²) in [5.74, 6) is 2.08. The SMILES string of the molecule is C[C@]12CCC(=O)C=C1C=C[C@@H]1[C@H]2CC[C@@]2(C)[C@@H]1CC[C@@]21CCC(=O)O1. The van der Waals surface area contributed by atoms with Crippen molar-refractivity contribution in [3.63, 3.8) is 0 Å². The third kappa shape index (κ3) is 1.88. The minimum absolute atomic E-state index is 0.00570. The molecule has 0 radical (unpaired) electrons. The van der Waals surface area contributed by atoms with E-state index in [0.717, 1.165) is 25.7 Å². The van der Waals surface area contributed by atoms with Gasteiger partial charge in [-0.1, -0.05) is 26.0 Å². The highest BCUT2D eigenvalue weighted by atomic mass is 16.6. The Kier molecular flexibility index (Phi) is 3.08. The molecular weight excluding hydrogens is 312 g/mol.